The van der Waals surface area contributed by atoms with E-state index >= 15 is 0 Å². The first-order valence-corrected chi connectivity index (χ1v) is 8.68. The molecule has 1 heterocycles. The number of pyridine rings is 1. The highest BCUT2D eigenvalue weighted by atomic mass is 32.2. The summed E-state index contributed by atoms with van der Waals surface area (Å²) in [4.78, 5) is 4.29. The molecule has 2 N–H and O–H groups in total. The zero-order valence-corrected chi connectivity index (χ0v) is 13.4. The van der Waals surface area contributed by atoms with Gasteiger partial charge in [-0.05, 0) is 37.6 Å². The molecule has 6 heteroatoms. The average Bonchev–Trinajstić information content (AvgIpc) is 2.35. The maximum Gasteiger partial charge on any atom is 0.209 e. The standard InChI is InChI=1S/C15H21N3O2S/c1-15(2,18-21(3,19)20)11-16-10-12-6-7-14-13(9-12)5-4-8-17-14/h4-9,16,18H,10-11H2,1-3H3. The molecule has 1 aromatic carbocycles. The number of fused-ring (bicyclic) bond motifs is 1. The fourth-order valence-corrected chi connectivity index (χ4v) is 3.37. The van der Waals surface area contributed by atoms with Crippen LogP contribution in [0, 0.1) is 0 Å². The highest BCUT2D eigenvalue weighted by molar-refractivity contribution is 7.88. The molecule has 114 valence electrons. The summed E-state index contributed by atoms with van der Waals surface area (Å²) in [7, 11) is -3.20. The van der Waals surface area contributed by atoms with E-state index in [9.17, 15) is 8.42 Å². The zero-order valence-electron chi connectivity index (χ0n) is 12.6. The Morgan fingerprint density at radius 1 is 1.24 bits per heavy atom. The molecule has 0 unspecified atom stereocenters. The van der Waals surface area contributed by atoms with Crippen LogP contribution in [-0.4, -0.2) is 31.7 Å². The lowest BCUT2D eigenvalue weighted by Gasteiger charge is -2.25. The van der Waals surface area contributed by atoms with Gasteiger partial charge >= 0.3 is 0 Å². The third-order valence-corrected chi connectivity index (χ3v) is 3.95. The summed E-state index contributed by atoms with van der Waals surface area (Å²) in [5, 5.41) is 4.38. The summed E-state index contributed by atoms with van der Waals surface area (Å²) in [5.74, 6) is 0. The second kappa shape index (κ2) is 6.09. The molecule has 0 fully saturated rings. The van der Waals surface area contributed by atoms with E-state index in [0.29, 0.717) is 13.1 Å². The quantitative estimate of drug-likeness (QED) is 0.851. The Morgan fingerprint density at radius 3 is 2.71 bits per heavy atom. The normalized spacial score (nSPS) is 12.7. The molecule has 1 aromatic heterocycles. The minimum Gasteiger partial charge on any atom is -0.311 e. The first-order chi connectivity index (χ1) is 9.75. The van der Waals surface area contributed by atoms with Crippen molar-refractivity contribution >= 4 is 20.9 Å². The van der Waals surface area contributed by atoms with Crippen LogP contribution in [0.4, 0.5) is 0 Å². The second-order valence-corrected chi connectivity index (χ2v) is 7.64. The Hall–Kier alpha value is -1.50. The van der Waals surface area contributed by atoms with Gasteiger partial charge in [-0.2, -0.15) is 0 Å². The van der Waals surface area contributed by atoms with Crippen molar-refractivity contribution < 1.29 is 8.42 Å². The monoisotopic (exact) mass is 307 g/mol. The molecular weight excluding hydrogens is 286 g/mol. The molecule has 0 saturated carbocycles. The van der Waals surface area contributed by atoms with E-state index in [2.05, 4.69) is 21.1 Å². The van der Waals surface area contributed by atoms with Gasteiger partial charge in [-0.25, -0.2) is 13.1 Å². The van der Waals surface area contributed by atoms with Crippen molar-refractivity contribution in [1.82, 2.24) is 15.0 Å². The van der Waals surface area contributed by atoms with Gasteiger partial charge in [0, 0.05) is 30.2 Å². The van der Waals surface area contributed by atoms with Gasteiger partial charge in [0.15, 0.2) is 0 Å². The van der Waals surface area contributed by atoms with E-state index in [4.69, 9.17) is 0 Å². The van der Waals surface area contributed by atoms with E-state index < -0.39 is 15.6 Å². The predicted octanol–water partition coefficient (Wildman–Crippen LogP) is 1.65. The number of rotatable bonds is 6. The highest BCUT2D eigenvalue weighted by Gasteiger charge is 2.21. The van der Waals surface area contributed by atoms with Crippen LogP contribution in [0.2, 0.25) is 0 Å². The van der Waals surface area contributed by atoms with Crippen LogP contribution in [0.15, 0.2) is 36.5 Å². The molecule has 21 heavy (non-hydrogen) atoms. The van der Waals surface area contributed by atoms with Crippen molar-refractivity contribution in [2.75, 3.05) is 12.8 Å². The van der Waals surface area contributed by atoms with Crippen LogP contribution < -0.4 is 10.0 Å². The molecule has 2 rings (SSSR count). The minimum absolute atomic E-state index is 0.522. The summed E-state index contributed by atoms with van der Waals surface area (Å²) in [6.07, 6.45) is 2.95. The molecule has 0 atom stereocenters. The second-order valence-electron chi connectivity index (χ2n) is 5.89. The van der Waals surface area contributed by atoms with Crippen molar-refractivity contribution in [3.8, 4) is 0 Å². The number of nitrogens with one attached hydrogen (secondary N) is 2. The first-order valence-electron chi connectivity index (χ1n) is 6.79. The maximum absolute atomic E-state index is 11.3. The molecule has 0 aliphatic heterocycles. The number of hydrogen-bond acceptors (Lipinski definition) is 4. The summed E-state index contributed by atoms with van der Waals surface area (Å²) < 4.78 is 25.2. The van der Waals surface area contributed by atoms with Gasteiger partial charge < -0.3 is 5.32 Å². The Bertz CT molecular complexity index is 727. The number of nitrogens with zero attached hydrogens (tertiary/aromatic N) is 1. The van der Waals surface area contributed by atoms with Crippen molar-refractivity contribution in [3.63, 3.8) is 0 Å². The number of benzene rings is 1. The number of aromatic nitrogens is 1. The summed E-state index contributed by atoms with van der Waals surface area (Å²) >= 11 is 0. The third-order valence-electron chi connectivity index (χ3n) is 3.03. The van der Waals surface area contributed by atoms with Crippen molar-refractivity contribution in [2.24, 2.45) is 0 Å². The minimum atomic E-state index is -3.20. The SMILES string of the molecule is CC(C)(CNCc1ccc2ncccc2c1)NS(C)(=O)=O. The van der Waals surface area contributed by atoms with E-state index in [1.54, 1.807) is 6.20 Å². The highest BCUT2D eigenvalue weighted by Crippen LogP contribution is 2.13. The van der Waals surface area contributed by atoms with E-state index in [-0.39, 0.29) is 0 Å². The molecule has 2 aromatic rings. The molecule has 0 spiro atoms. The smallest absolute Gasteiger partial charge is 0.209 e. The lowest BCUT2D eigenvalue weighted by atomic mass is 10.1. The van der Waals surface area contributed by atoms with Gasteiger partial charge in [-0.3, -0.25) is 4.98 Å². The maximum atomic E-state index is 11.3. The zero-order chi connectivity index (χ0) is 15.5. The van der Waals surface area contributed by atoms with Crippen LogP contribution in [0.3, 0.4) is 0 Å². The third kappa shape index (κ3) is 5.08. The summed E-state index contributed by atoms with van der Waals surface area (Å²) in [5.41, 5.74) is 1.59. The van der Waals surface area contributed by atoms with Crippen molar-refractivity contribution in [3.05, 3.63) is 42.1 Å². The molecule has 5 nitrogen and oxygen atoms in total. The molecule has 0 aliphatic rings. The van der Waals surface area contributed by atoms with Crippen LogP contribution >= 0.6 is 0 Å². The van der Waals surface area contributed by atoms with Crippen molar-refractivity contribution in [1.29, 1.82) is 0 Å². The Balaban J connectivity index is 1.96. The number of hydrogen-bond donors (Lipinski definition) is 2. The largest absolute Gasteiger partial charge is 0.311 e. The fraction of sp³-hybridized carbons (Fsp3) is 0.400. The topological polar surface area (TPSA) is 71.1 Å². The van der Waals surface area contributed by atoms with E-state index in [1.807, 2.05) is 38.1 Å². The van der Waals surface area contributed by atoms with Crippen LogP contribution in [-0.2, 0) is 16.6 Å². The van der Waals surface area contributed by atoms with Gasteiger partial charge in [0.05, 0.1) is 11.8 Å². The van der Waals surface area contributed by atoms with Gasteiger partial charge in [0.2, 0.25) is 10.0 Å². The predicted molar refractivity (Wildman–Crippen MR) is 85.5 cm³/mol. The molecule has 0 amide bonds. The fourth-order valence-electron chi connectivity index (χ4n) is 2.29. The number of sulfonamides is 1. The van der Waals surface area contributed by atoms with Crippen LogP contribution in [0.5, 0.6) is 0 Å². The molecule has 0 bridgehead atoms. The van der Waals surface area contributed by atoms with E-state index in [1.165, 1.54) is 6.26 Å². The van der Waals surface area contributed by atoms with Gasteiger partial charge in [-0.1, -0.05) is 12.1 Å². The Labute approximate surface area is 125 Å². The van der Waals surface area contributed by atoms with Crippen LogP contribution in [0.25, 0.3) is 10.9 Å². The summed E-state index contributed by atoms with van der Waals surface area (Å²) in [6, 6.07) is 10.1. The lowest BCUT2D eigenvalue weighted by Crippen LogP contribution is -2.49. The molecule has 0 radical (unpaired) electrons. The first kappa shape index (κ1) is 15.9. The van der Waals surface area contributed by atoms with Crippen LogP contribution in [0.1, 0.15) is 19.4 Å². The van der Waals surface area contributed by atoms with Gasteiger partial charge in [0.25, 0.3) is 0 Å². The van der Waals surface area contributed by atoms with Crippen molar-refractivity contribution in [2.45, 2.75) is 25.9 Å². The molecule has 0 saturated heterocycles. The average molecular weight is 307 g/mol. The van der Waals surface area contributed by atoms with E-state index in [0.717, 1.165) is 16.5 Å². The Morgan fingerprint density at radius 2 is 2.00 bits per heavy atom. The Kier molecular flexibility index (Phi) is 4.61. The molecule has 0 aliphatic carbocycles. The van der Waals surface area contributed by atoms with Gasteiger partial charge in [0.1, 0.15) is 0 Å². The molecular formula is C15H21N3O2S. The van der Waals surface area contributed by atoms with Gasteiger partial charge in [-0.15, -0.1) is 0 Å². The summed E-state index contributed by atoms with van der Waals surface area (Å²) in [6.45, 7) is 4.93. The lowest BCUT2D eigenvalue weighted by molar-refractivity contribution is 0.421.